The SMILES string of the molecule is CCCCCCCCCCOC(C)(CCCCCC)CCCCCCCC. The van der Waals surface area contributed by atoms with E-state index in [1.165, 1.54) is 128 Å². The van der Waals surface area contributed by atoms with Crippen LogP contribution in [0.3, 0.4) is 0 Å². The van der Waals surface area contributed by atoms with Crippen molar-refractivity contribution in [3.63, 3.8) is 0 Å². The summed E-state index contributed by atoms with van der Waals surface area (Å²) >= 11 is 0. The summed E-state index contributed by atoms with van der Waals surface area (Å²) in [6.07, 6.45) is 27.4. The van der Waals surface area contributed by atoms with Crippen molar-refractivity contribution in [1.82, 2.24) is 0 Å². The Morgan fingerprint density at radius 3 is 1.22 bits per heavy atom. The van der Waals surface area contributed by atoms with E-state index in [9.17, 15) is 0 Å². The zero-order chi connectivity index (χ0) is 20.1. The summed E-state index contributed by atoms with van der Waals surface area (Å²) in [5.41, 5.74) is 0.139. The second-order valence-corrected chi connectivity index (χ2v) is 9.10. The minimum Gasteiger partial charge on any atom is -0.375 e. The van der Waals surface area contributed by atoms with Crippen molar-refractivity contribution in [3.8, 4) is 0 Å². The molecule has 1 atom stereocenters. The molecule has 0 aromatic rings. The Morgan fingerprint density at radius 1 is 0.444 bits per heavy atom. The first-order valence-corrected chi connectivity index (χ1v) is 12.8. The zero-order valence-corrected chi connectivity index (χ0v) is 19.8. The predicted octanol–water partition coefficient (Wildman–Crippen LogP) is 9.62. The van der Waals surface area contributed by atoms with Gasteiger partial charge < -0.3 is 4.74 Å². The highest BCUT2D eigenvalue weighted by Gasteiger charge is 2.23. The molecule has 164 valence electrons. The lowest BCUT2D eigenvalue weighted by Crippen LogP contribution is -2.29. The number of hydrogen-bond donors (Lipinski definition) is 0. The first-order chi connectivity index (χ1) is 13.2. The minimum absolute atomic E-state index is 0.139. The molecular formula is C26H54O. The van der Waals surface area contributed by atoms with Gasteiger partial charge in [-0.3, -0.25) is 0 Å². The Bertz CT molecular complexity index is 275. The zero-order valence-electron chi connectivity index (χ0n) is 19.8. The van der Waals surface area contributed by atoms with E-state index in [0.29, 0.717) is 0 Å². The van der Waals surface area contributed by atoms with Gasteiger partial charge >= 0.3 is 0 Å². The fourth-order valence-corrected chi connectivity index (χ4v) is 4.03. The molecule has 0 amide bonds. The Labute approximate surface area is 173 Å². The molecule has 0 bridgehead atoms. The molecular weight excluding hydrogens is 328 g/mol. The molecule has 1 heteroatoms. The molecule has 0 saturated carbocycles. The first kappa shape index (κ1) is 27.0. The summed E-state index contributed by atoms with van der Waals surface area (Å²) < 4.78 is 6.48. The van der Waals surface area contributed by atoms with Gasteiger partial charge in [0, 0.05) is 6.61 Å². The van der Waals surface area contributed by atoms with Gasteiger partial charge in [-0.2, -0.15) is 0 Å². The van der Waals surface area contributed by atoms with Gasteiger partial charge in [0.1, 0.15) is 0 Å². The molecule has 0 aromatic heterocycles. The Kier molecular flexibility index (Phi) is 20.7. The van der Waals surface area contributed by atoms with Crippen molar-refractivity contribution in [2.24, 2.45) is 0 Å². The largest absolute Gasteiger partial charge is 0.375 e. The molecule has 1 unspecified atom stereocenters. The summed E-state index contributed by atoms with van der Waals surface area (Å²) in [6, 6.07) is 0. The van der Waals surface area contributed by atoms with Gasteiger partial charge in [0.2, 0.25) is 0 Å². The molecule has 0 spiro atoms. The second-order valence-electron chi connectivity index (χ2n) is 9.10. The molecule has 0 radical (unpaired) electrons. The van der Waals surface area contributed by atoms with E-state index in [-0.39, 0.29) is 5.60 Å². The Balaban J connectivity index is 3.92. The van der Waals surface area contributed by atoms with Crippen LogP contribution in [0.1, 0.15) is 156 Å². The van der Waals surface area contributed by atoms with Crippen LogP contribution in [0.5, 0.6) is 0 Å². The predicted molar refractivity (Wildman–Crippen MR) is 124 cm³/mol. The van der Waals surface area contributed by atoms with Crippen LogP contribution in [0.15, 0.2) is 0 Å². The topological polar surface area (TPSA) is 9.23 Å². The van der Waals surface area contributed by atoms with Crippen LogP contribution in [0.2, 0.25) is 0 Å². The summed E-state index contributed by atoms with van der Waals surface area (Å²) in [6.45, 7) is 10.3. The third-order valence-corrected chi connectivity index (χ3v) is 6.07. The second kappa shape index (κ2) is 20.7. The molecule has 0 heterocycles. The van der Waals surface area contributed by atoms with Crippen LogP contribution in [-0.4, -0.2) is 12.2 Å². The summed E-state index contributed by atoms with van der Waals surface area (Å²) in [4.78, 5) is 0. The number of rotatable bonds is 22. The fourth-order valence-electron chi connectivity index (χ4n) is 4.03. The van der Waals surface area contributed by atoms with Crippen LogP contribution < -0.4 is 0 Å². The molecule has 0 saturated heterocycles. The summed E-state index contributed by atoms with van der Waals surface area (Å²) in [5.74, 6) is 0. The van der Waals surface area contributed by atoms with E-state index in [2.05, 4.69) is 27.7 Å². The molecule has 0 N–H and O–H groups in total. The van der Waals surface area contributed by atoms with Gasteiger partial charge in [-0.05, 0) is 26.2 Å². The first-order valence-electron chi connectivity index (χ1n) is 12.8. The lowest BCUT2D eigenvalue weighted by molar-refractivity contribution is -0.0482. The van der Waals surface area contributed by atoms with Gasteiger partial charge in [-0.25, -0.2) is 0 Å². The monoisotopic (exact) mass is 382 g/mol. The van der Waals surface area contributed by atoms with Gasteiger partial charge in [0.25, 0.3) is 0 Å². The molecule has 0 rings (SSSR count). The molecule has 0 aliphatic rings. The van der Waals surface area contributed by atoms with E-state index in [4.69, 9.17) is 4.74 Å². The maximum Gasteiger partial charge on any atom is 0.0654 e. The summed E-state index contributed by atoms with van der Waals surface area (Å²) in [5, 5.41) is 0. The van der Waals surface area contributed by atoms with Crippen LogP contribution in [0.4, 0.5) is 0 Å². The van der Waals surface area contributed by atoms with E-state index in [1.807, 2.05) is 0 Å². The van der Waals surface area contributed by atoms with Crippen molar-refractivity contribution < 1.29 is 4.74 Å². The average Bonchev–Trinajstić information content (AvgIpc) is 2.67. The standard InChI is InChI=1S/C26H54O/c1-5-8-11-14-16-17-19-22-25-27-26(4,23-20-13-10-7-3)24-21-18-15-12-9-6-2/h5-25H2,1-4H3. The van der Waals surface area contributed by atoms with Crippen LogP contribution in [0.25, 0.3) is 0 Å². The highest BCUT2D eigenvalue weighted by Crippen LogP contribution is 2.27. The maximum absolute atomic E-state index is 6.48. The van der Waals surface area contributed by atoms with Crippen molar-refractivity contribution in [1.29, 1.82) is 0 Å². The Hall–Kier alpha value is -0.0400. The van der Waals surface area contributed by atoms with Crippen molar-refractivity contribution in [3.05, 3.63) is 0 Å². The van der Waals surface area contributed by atoms with E-state index in [1.54, 1.807) is 0 Å². The molecule has 0 fully saturated rings. The highest BCUT2D eigenvalue weighted by atomic mass is 16.5. The Morgan fingerprint density at radius 2 is 0.778 bits per heavy atom. The summed E-state index contributed by atoms with van der Waals surface area (Å²) in [7, 11) is 0. The average molecular weight is 383 g/mol. The van der Waals surface area contributed by atoms with Gasteiger partial charge in [-0.15, -0.1) is 0 Å². The lowest BCUT2D eigenvalue weighted by atomic mass is 9.91. The third kappa shape index (κ3) is 19.1. The van der Waals surface area contributed by atoms with Gasteiger partial charge in [0.05, 0.1) is 5.60 Å². The van der Waals surface area contributed by atoms with Crippen LogP contribution in [0, 0.1) is 0 Å². The van der Waals surface area contributed by atoms with E-state index >= 15 is 0 Å². The van der Waals surface area contributed by atoms with Gasteiger partial charge in [-0.1, -0.05) is 130 Å². The van der Waals surface area contributed by atoms with Crippen LogP contribution in [-0.2, 0) is 4.74 Å². The third-order valence-electron chi connectivity index (χ3n) is 6.07. The number of hydrogen-bond acceptors (Lipinski definition) is 1. The molecule has 27 heavy (non-hydrogen) atoms. The fraction of sp³-hybridized carbons (Fsp3) is 1.00. The molecule has 1 nitrogen and oxygen atoms in total. The van der Waals surface area contributed by atoms with Crippen molar-refractivity contribution in [2.75, 3.05) is 6.61 Å². The van der Waals surface area contributed by atoms with E-state index < -0.39 is 0 Å². The minimum atomic E-state index is 0.139. The van der Waals surface area contributed by atoms with Crippen molar-refractivity contribution in [2.45, 2.75) is 162 Å². The molecule has 0 aliphatic heterocycles. The van der Waals surface area contributed by atoms with Gasteiger partial charge in [0.15, 0.2) is 0 Å². The smallest absolute Gasteiger partial charge is 0.0654 e. The van der Waals surface area contributed by atoms with E-state index in [0.717, 1.165) is 6.61 Å². The molecule has 0 aliphatic carbocycles. The molecule has 0 aromatic carbocycles. The highest BCUT2D eigenvalue weighted by molar-refractivity contribution is 4.75. The maximum atomic E-state index is 6.48. The van der Waals surface area contributed by atoms with Crippen molar-refractivity contribution >= 4 is 0 Å². The lowest BCUT2D eigenvalue weighted by Gasteiger charge is -2.30. The normalized spacial score (nSPS) is 13.8. The number of ether oxygens (including phenoxy) is 1. The van der Waals surface area contributed by atoms with Crippen LogP contribution >= 0.6 is 0 Å². The quantitative estimate of drug-likeness (QED) is 0.169. The number of unbranched alkanes of at least 4 members (excludes halogenated alkanes) is 15.